The zero-order valence-electron chi connectivity index (χ0n) is 23.3. The number of anilines is 1. The van der Waals surface area contributed by atoms with Crippen molar-refractivity contribution in [3.8, 4) is 5.75 Å². The van der Waals surface area contributed by atoms with E-state index in [1.54, 1.807) is 23.1 Å². The Labute approximate surface area is 234 Å². The number of amides is 2. The summed E-state index contributed by atoms with van der Waals surface area (Å²) < 4.78 is 39.7. The first-order valence-electron chi connectivity index (χ1n) is 14.0. The molecule has 2 aliphatic heterocycles. The molecule has 40 heavy (non-hydrogen) atoms. The summed E-state index contributed by atoms with van der Waals surface area (Å²) >= 11 is 0. The van der Waals surface area contributed by atoms with E-state index in [1.165, 1.54) is 12.1 Å². The van der Waals surface area contributed by atoms with Gasteiger partial charge in [0.15, 0.2) is 0 Å². The second-order valence-electron chi connectivity index (χ2n) is 10.8. The lowest BCUT2D eigenvalue weighted by Gasteiger charge is -2.29. The number of carbonyl (C=O) groups is 2. The topological polar surface area (TPSA) is 100 Å². The van der Waals surface area contributed by atoms with Crippen molar-refractivity contribution >= 4 is 17.5 Å². The van der Waals surface area contributed by atoms with Crippen molar-refractivity contribution in [3.63, 3.8) is 0 Å². The number of benzene rings is 2. The van der Waals surface area contributed by atoms with Crippen molar-refractivity contribution in [2.75, 3.05) is 24.6 Å². The highest BCUT2D eigenvalue weighted by Gasteiger charge is 2.35. The summed E-state index contributed by atoms with van der Waals surface area (Å²) in [5, 5.41) is 17.5. The summed E-state index contributed by atoms with van der Waals surface area (Å²) in [6.07, 6.45) is 1.27. The van der Waals surface area contributed by atoms with Gasteiger partial charge in [0.05, 0.1) is 24.4 Å². The molecule has 8 nitrogen and oxygen atoms in total. The highest BCUT2D eigenvalue weighted by Crippen LogP contribution is 2.29. The normalized spacial score (nSPS) is 20.7. The van der Waals surface area contributed by atoms with Gasteiger partial charge in [0.25, 0.3) is 5.91 Å². The first kappa shape index (κ1) is 29.9. The number of halogens is 2. The minimum absolute atomic E-state index is 0.0000959. The van der Waals surface area contributed by atoms with Gasteiger partial charge in [-0.05, 0) is 69.4 Å². The van der Waals surface area contributed by atoms with Gasteiger partial charge in [-0.25, -0.2) is 8.78 Å². The third kappa shape index (κ3) is 7.77. The zero-order valence-corrected chi connectivity index (χ0v) is 23.3. The number of carbonyl (C=O) groups excluding carboxylic acids is 2. The lowest BCUT2D eigenvalue weighted by atomic mass is 9.94. The molecule has 4 atom stereocenters. The molecule has 218 valence electrons. The predicted molar refractivity (Wildman–Crippen MR) is 148 cm³/mol. The molecule has 2 amide bonds. The molecular formula is C30H39F2N3O5. The van der Waals surface area contributed by atoms with Crippen molar-refractivity contribution < 1.29 is 33.0 Å². The molecule has 0 radical (unpaired) electrons. The standard InChI is InChI=1S/C30H39F2N3O5/c1-4-8-39-25-16-26(33-17-25)29(37)27(11-19-9-21(31)14-22(32)10-19)34-30(38)20-12-23(35-7-5-6-28(35)36)15-24(13-20)40-18(2)3/h9-10,12-15,18,25-27,29,33,37H,4-8,11,16-17H2,1-3H3,(H,34,38)/t25-,26-,27+,29+/m1/s1. The van der Waals surface area contributed by atoms with Crippen LogP contribution in [0.3, 0.4) is 0 Å². The summed E-state index contributed by atoms with van der Waals surface area (Å²) in [5.41, 5.74) is 1.11. The van der Waals surface area contributed by atoms with E-state index in [-0.39, 0.29) is 36.1 Å². The van der Waals surface area contributed by atoms with Crippen LogP contribution in [0.5, 0.6) is 5.75 Å². The van der Waals surface area contributed by atoms with Crippen molar-refractivity contribution in [2.45, 2.75) is 83.3 Å². The maximum atomic E-state index is 14.0. The Morgan fingerprint density at radius 2 is 1.93 bits per heavy atom. The highest BCUT2D eigenvalue weighted by atomic mass is 19.1. The van der Waals surface area contributed by atoms with E-state index in [1.807, 2.05) is 20.8 Å². The smallest absolute Gasteiger partial charge is 0.251 e. The van der Waals surface area contributed by atoms with E-state index in [0.29, 0.717) is 49.5 Å². The maximum Gasteiger partial charge on any atom is 0.251 e. The van der Waals surface area contributed by atoms with Crippen LogP contribution < -0.4 is 20.3 Å². The molecule has 0 aromatic heterocycles. The number of aliphatic hydroxyl groups excluding tert-OH is 1. The molecule has 2 aromatic rings. The van der Waals surface area contributed by atoms with Gasteiger partial charge in [0, 0.05) is 55.5 Å². The number of rotatable bonds is 12. The van der Waals surface area contributed by atoms with Gasteiger partial charge >= 0.3 is 0 Å². The lowest BCUT2D eigenvalue weighted by molar-refractivity contribution is -0.117. The molecule has 0 aliphatic carbocycles. The third-order valence-corrected chi connectivity index (χ3v) is 7.11. The molecule has 2 aliphatic rings. The van der Waals surface area contributed by atoms with Gasteiger partial charge in [-0.3, -0.25) is 9.59 Å². The van der Waals surface area contributed by atoms with Crippen molar-refractivity contribution in [1.82, 2.24) is 10.6 Å². The minimum atomic E-state index is -1.07. The molecule has 4 rings (SSSR count). The Morgan fingerprint density at radius 3 is 2.58 bits per heavy atom. The van der Waals surface area contributed by atoms with Crippen LogP contribution in [0.25, 0.3) is 0 Å². The zero-order chi connectivity index (χ0) is 28.8. The molecular weight excluding hydrogens is 520 g/mol. The predicted octanol–water partition coefficient (Wildman–Crippen LogP) is 3.74. The first-order valence-corrected chi connectivity index (χ1v) is 14.0. The largest absolute Gasteiger partial charge is 0.491 e. The van der Waals surface area contributed by atoms with E-state index < -0.39 is 29.7 Å². The van der Waals surface area contributed by atoms with Crippen molar-refractivity contribution in [3.05, 3.63) is 59.2 Å². The number of hydrogen-bond donors (Lipinski definition) is 3. The molecule has 2 saturated heterocycles. The van der Waals surface area contributed by atoms with Gasteiger partial charge in [-0.2, -0.15) is 0 Å². The Balaban J connectivity index is 1.59. The average molecular weight is 560 g/mol. The number of nitrogens with one attached hydrogen (secondary N) is 2. The second kappa shape index (κ2) is 13.5. The molecule has 10 heteroatoms. The fourth-order valence-corrected chi connectivity index (χ4v) is 5.31. The summed E-state index contributed by atoms with van der Waals surface area (Å²) in [6.45, 7) is 7.46. The number of nitrogens with zero attached hydrogens (tertiary/aromatic N) is 1. The van der Waals surface area contributed by atoms with Gasteiger partial charge < -0.3 is 30.1 Å². The lowest BCUT2D eigenvalue weighted by Crippen LogP contribution is -2.52. The maximum absolute atomic E-state index is 14.0. The molecule has 2 fully saturated rings. The van der Waals surface area contributed by atoms with Crippen LogP contribution in [-0.2, 0) is 16.0 Å². The molecule has 2 aromatic carbocycles. The molecule has 0 unspecified atom stereocenters. The van der Waals surface area contributed by atoms with Crippen LogP contribution in [0.4, 0.5) is 14.5 Å². The average Bonchev–Trinajstić information content (AvgIpc) is 3.54. The van der Waals surface area contributed by atoms with Crippen LogP contribution in [0, 0.1) is 11.6 Å². The van der Waals surface area contributed by atoms with E-state index in [0.717, 1.165) is 18.9 Å². The SMILES string of the molecule is CCCO[C@H]1CN[C@@H]([C@H](O)[C@H](Cc2cc(F)cc(F)c2)NC(=O)c2cc(OC(C)C)cc(N3CCCC3=O)c2)C1. The number of hydrogen-bond acceptors (Lipinski definition) is 6. The van der Waals surface area contributed by atoms with Gasteiger partial charge in [0.2, 0.25) is 5.91 Å². The summed E-state index contributed by atoms with van der Waals surface area (Å²) in [6, 6.07) is 6.86. The molecule has 0 bridgehead atoms. The van der Waals surface area contributed by atoms with Crippen molar-refractivity contribution in [2.24, 2.45) is 0 Å². The molecule has 2 heterocycles. The summed E-state index contributed by atoms with van der Waals surface area (Å²) in [4.78, 5) is 27.7. The van der Waals surface area contributed by atoms with E-state index in [2.05, 4.69) is 10.6 Å². The second-order valence-corrected chi connectivity index (χ2v) is 10.8. The Bertz CT molecular complexity index is 1170. The summed E-state index contributed by atoms with van der Waals surface area (Å²) in [7, 11) is 0. The Hall–Kier alpha value is -3.08. The van der Waals surface area contributed by atoms with E-state index in [4.69, 9.17) is 9.47 Å². The van der Waals surface area contributed by atoms with E-state index >= 15 is 0 Å². The summed E-state index contributed by atoms with van der Waals surface area (Å²) in [5.74, 6) is -1.56. The molecule has 0 saturated carbocycles. The monoisotopic (exact) mass is 559 g/mol. The number of aliphatic hydroxyl groups is 1. The first-order chi connectivity index (χ1) is 19.1. The Morgan fingerprint density at radius 1 is 1.18 bits per heavy atom. The van der Waals surface area contributed by atoms with Crippen LogP contribution in [0.2, 0.25) is 0 Å². The van der Waals surface area contributed by atoms with Crippen LogP contribution in [0.15, 0.2) is 36.4 Å². The molecule has 0 spiro atoms. The highest BCUT2D eigenvalue weighted by molar-refractivity contribution is 5.99. The van der Waals surface area contributed by atoms with Crippen molar-refractivity contribution in [1.29, 1.82) is 0 Å². The van der Waals surface area contributed by atoms with Crippen LogP contribution in [0.1, 0.15) is 62.4 Å². The quantitative estimate of drug-likeness (QED) is 0.367. The van der Waals surface area contributed by atoms with E-state index in [9.17, 15) is 23.5 Å². The minimum Gasteiger partial charge on any atom is -0.491 e. The van der Waals surface area contributed by atoms with Crippen LogP contribution in [-0.4, -0.2) is 67.0 Å². The molecule has 3 N–H and O–H groups in total. The third-order valence-electron chi connectivity index (χ3n) is 7.11. The fourth-order valence-electron chi connectivity index (χ4n) is 5.31. The van der Waals surface area contributed by atoms with Gasteiger partial charge in [0.1, 0.15) is 17.4 Å². The number of ether oxygens (including phenoxy) is 2. The fraction of sp³-hybridized carbons (Fsp3) is 0.533. The Kier molecular flexibility index (Phi) is 10.1. The van der Waals surface area contributed by atoms with Gasteiger partial charge in [-0.1, -0.05) is 6.92 Å². The van der Waals surface area contributed by atoms with Crippen LogP contribution >= 0.6 is 0 Å². The van der Waals surface area contributed by atoms with Gasteiger partial charge in [-0.15, -0.1) is 0 Å².